The van der Waals surface area contributed by atoms with Gasteiger partial charge in [0.1, 0.15) is 5.69 Å². The molecule has 19 heavy (non-hydrogen) atoms. The van der Waals surface area contributed by atoms with E-state index >= 15 is 0 Å². The normalized spacial score (nSPS) is 18.5. The van der Waals surface area contributed by atoms with Crippen LogP contribution in [0.1, 0.15) is 42.2 Å². The maximum atomic E-state index is 12.1. The molecule has 0 unspecified atom stereocenters. The summed E-state index contributed by atoms with van der Waals surface area (Å²) in [5.74, 6) is 0.709. The Bertz CT molecular complexity index is 461. The van der Waals surface area contributed by atoms with Crippen LogP contribution < -0.4 is 11.1 Å². The summed E-state index contributed by atoms with van der Waals surface area (Å²) in [4.78, 5) is 12.1. The van der Waals surface area contributed by atoms with Crippen LogP contribution >= 0.6 is 0 Å². The third-order valence-electron chi connectivity index (χ3n) is 3.63. The van der Waals surface area contributed by atoms with Gasteiger partial charge in [0.05, 0.1) is 12.3 Å². The number of rotatable bonds is 7. The zero-order valence-corrected chi connectivity index (χ0v) is 11.1. The maximum absolute atomic E-state index is 12.1. The number of nitrogens with zero attached hydrogens (tertiary/aromatic N) is 1. The third-order valence-corrected chi connectivity index (χ3v) is 3.63. The number of hydrogen-bond donors (Lipinski definition) is 2. The molecule has 0 atom stereocenters. The van der Waals surface area contributed by atoms with Crippen LogP contribution in [-0.4, -0.2) is 30.2 Å². The van der Waals surface area contributed by atoms with Gasteiger partial charge < -0.3 is 20.4 Å². The molecule has 1 aromatic rings. The molecule has 0 radical (unpaired) electrons. The summed E-state index contributed by atoms with van der Waals surface area (Å²) < 4.78 is 7.49. The van der Waals surface area contributed by atoms with Gasteiger partial charge in [-0.05, 0) is 37.7 Å². The lowest BCUT2D eigenvalue weighted by Gasteiger charge is -2.08. The van der Waals surface area contributed by atoms with Gasteiger partial charge in [-0.15, -0.1) is 0 Å². The highest BCUT2D eigenvalue weighted by Gasteiger charge is 2.27. The van der Waals surface area contributed by atoms with Crippen molar-refractivity contribution in [2.24, 2.45) is 5.92 Å². The van der Waals surface area contributed by atoms with Crippen molar-refractivity contribution in [2.75, 3.05) is 25.5 Å². The quantitative estimate of drug-likeness (QED) is 0.733. The van der Waals surface area contributed by atoms with Crippen molar-refractivity contribution >= 4 is 11.6 Å². The lowest BCUT2D eigenvalue weighted by molar-refractivity contribution is 0.0898. The fraction of sp³-hybridized carbons (Fsp3) is 0.643. The van der Waals surface area contributed by atoms with Crippen LogP contribution in [0.3, 0.4) is 0 Å². The van der Waals surface area contributed by atoms with Crippen LogP contribution in [0.4, 0.5) is 5.69 Å². The van der Waals surface area contributed by atoms with Crippen molar-refractivity contribution in [3.8, 4) is 0 Å². The number of ether oxygens (including phenoxy) is 1. The molecule has 0 aliphatic heterocycles. The Kier molecular flexibility index (Phi) is 3.46. The number of carbonyl (C=O) groups is 1. The minimum absolute atomic E-state index is 0.0568. The number of amides is 1. The van der Waals surface area contributed by atoms with Gasteiger partial charge in [0.2, 0.25) is 0 Å². The van der Waals surface area contributed by atoms with Gasteiger partial charge in [0.25, 0.3) is 5.91 Å². The highest BCUT2D eigenvalue weighted by Crippen LogP contribution is 2.37. The SMILES string of the molecule is Nc1cc(C(=O)NCCOCC2CC2)n(C2CC2)c1. The largest absolute Gasteiger partial charge is 0.397 e. The minimum atomic E-state index is -0.0568. The second-order valence-corrected chi connectivity index (χ2v) is 5.57. The molecule has 3 N–H and O–H groups in total. The molecule has 104 valence electrons. The van der Waals surface area contributed by atoms with Crippen LogP contribution in [0.2, 0.25) is 0 Å². The fourth-order valence-corrected chi connectivity index (χ4v) is 2.20. The number of anilines is 1. The van der Waals surface area contributed by atoms with E-state index in [1.807, 2.05) is 10.8 Å². The summed E-state index contributed by atoms with van der Waals surface area (Å²) in [5, 5.41) is 2.89. The van der Waals surface area contributed by atoms with Crippen LogP contribution in [0.15, 0.2) is 12.3 Å². The average Bonchev–Trinajstić information content (AvgIpc) is 3.28. The van der Waals surface area contributed by atoms with Crippen molar-refractivity contribution in [3.63, 3.8) is 0 Å². The zero-order chi connectivity index (χ0) is 13.2. The Hall–Kier alpha value is -1.49. The molecule has 2 saturated carbocycles. The van der Waals surface area contributed by atoms with Crippen LogP contribution in [0, 0.1) is 5.92 Å². The van der Waals surface area contributed by atoms with E-state index in [4.69, 9.17) is 10.5 Å². The number of nitrogens with two attached hydrogens (primary N) is 1. The first kappa shape index (κ1) is 12.5. The first-order valence-corrected chi connectivity index (χ1v) is 7.07. The lowest BCUT2D eigenvalue weighted by atomic mass is 10.3. The zero-order valence-electron chi connectivity index (χ0n) is 11.1. The molecule has 0 aromatic carbocycles. The van der Waals surface area contributed by atoms with E-state index < -0.39 is 0 Å². The van der Waals surface area contributed by atoms with Crippen molar-refractivity contribution < 1.29 is 9.53 Å². The molecule has 0 saturated heterocycles. The molecule has 1 heterocycles. The molecule has 2 aliphatic carbocycles. The van der Waals surface area contributed by atoms with Crippen LogP contribution in [0.5, 0.6) is 0 Å². The smallest absolute Gasteiger partial charge is 0.268 e. The van der Waals surface area contributed by atoms with Crippen molar-refractivity contribution in [3.05, 3.63) is 18.0 Å². The number of hydrogen-bond acceptors (Lipinski definition) is 3. The summed E-state index contributed by atoms with van der Waals surface area (Å²) in [6.07, 6.45) is 6.72. The molecule has 2 aliphatic rings. The molecular weight excluding hydrogens is 242 g/mol. The monoisotopic (exact) mass is 263 g/mol. The van der Waals surface area contributed by atoms with E-state index in [1.165, 1.54) is 12.8 Å². The summed E-state index contributed by atoms with van der Waals surface area (Å²) in [5.41, 5.74) is 7.10. The molecule has 1 aromatic heterocycles. The highest BCUT2D eigenvalue weighted by atomic mass is 16.5. The number of nitrogen functional groups attached to an aromatic ring is 1. The summed E-state index contributed by atoms with van der Waals surface area (Å²) in [6.45, 7) is 1.98. The lowest BCUT2D eigenvalue weighted by Crippen LogP contribution is -2.29. The van der Waals surface area contributed by atoms with Gasteiger partial charge in [-0.3, -0.25) is 4.79 Å². The molecule has 1 amide bonds. The highest BCUT2D eigenvalue weighted by molar-refractivity contribution is 5.93. The van der Waals surface area contributed by atoms with E-state index in [0.717, 1.165) is 25.4 Å². The Morgan fingerprint density at radius 2 is 2.21 bits per heavy atom. The maximum Gasteiger partial charge on any atom is 0.268 e. The first-order valence-electron chi connectivity index (χ1n) is 7.07. The minimum Gasteiger partial charge on any atom is -0.397 e. The van der Waals surface area contributed by atoms with E-state index in [0.29, 0.717) is 30.6 Å². The number of aromatic nitrogens is 1. The summed E-state index contributed by atoms with van der Waals surface area (Å²) in [7, 11) is 0. The van der Waals surface area contributed by atoms with Gasteiger partial charge in [-0.1, -0.05) is 0 Å². The Morgan fingerprint density at radius 3 is 2.89 bits per heavy atom. The second-order valence-electron chi connectivity index (χ2n) is 5.57. The molecule has 2 fully saturated rings. The first-order chi connectivity index (χ1) is 9.24. The van der Waals surface area contributed by atoms with Gasteiger partial charge in [0.15, 0.2) is 0 Å². The van der Waals surface area contributed by atoms with Crippen molar-refractivity contribution in [2.45, 2.75) is 31.7 Å². The van der Waals surface area contributed by atoms with Crippen LogP contribution in [-0.2, 0) is 4.74 Å². The van der Waals surface area contributed by atoms with E-state index in [2.05, 4.69) is 5.32 Å². The number of nitrogens with one attached hydrogen (secondary N) is 1. The summed E-state index contributed by atoms with van der Waals surface area (Å²) in [6, 6.07) is 2.21. The predicted octanol–water partition coefficient (Wildman–Crippen LogP) is 1.56. The second kappa shape index (κ2) is 5.25. The van der Waals surface area contributed by atoms with Gasteiger partial charge in [-0.2, -0.15) is 0 Å². The fourth-order valence-electron chi connectivity index (χ4n) is 2.20. The molecule has 5 heteroatoms. The van der Waals surface area contributed by atoms with E-state index in [9.17, 15) is 4.79 Å². The van der Waals surface area contributed by atoms with E-state index in [-0.39, 0.29) is 5.91 Å². The van der Waals surface area contributed by atoms with Gasteiger partial charge >= 0.3 is 0 Å². The molecule has 3 rings (SSSR count). The Labute approximate surface area is 113 Å². The molecular formula is C14H21N3O2. The van der Waals surface area contributed by atoms with Gasteiger partial charge in [0, 0.05) is 25.4 Å². The van der Waals surface area contributed by atoms with Crippen molar-refractivity contribution in [1.29, 1.82) is 0 Å². The third kappa shape index (κ3) is 3.29. The standard InChI is InChI=1S/C14H21N3O2/c15-11-7-13(17(8-11)12-3-4-12)14(18)16-5-6-19-9-10-1-2-10/h7-8,10,12H,1-6,9,15H2,(H,16,18). The average molecular weight is 263 g/mol. The van der Waals surface area contributed by atoms with Gasteiger partial charge in [-0.25, -0.2) is 0 Å². The molecule has 5 nitrogen and oxygen atoms in total. The van der Waals surface area contributed by atoms with E-state index in [1.54, 1.807) is 6.07 Å². The molecule has 0 bridgehead atoms. The predicted molar refractivity (Wildman–Crippen MR) is 73.0 cm³/mol. The van der Waals surface area contributed by atoms with Crippen molar-refractivity contribution in [1.82, 2.24) is 9.88 Å². The number of carbonyl (C=O) groups excluding carboxylic acids is 1. The Morgan fingerprint density at radius 1 is 1.42 bits per heavy atom. The summed E-state index contributed by atoms with van der Waals surface area (Å²) >= 11 is 0. The topological polar surface area (TPSA) is 69.3 Å². The van der Waals surface area contributed by atoms with Crippen LogP contribution in [0.25, 0.3) is 0 Å². The molecule has 0 spiro atoms. The Balaban J connectivity index is 1.46.